The first kappa shape index (κ1) is 27.2. The van der Waals surface area contributed by atoms with Crippen LogP contribution >= 0.6 is 11.8 Å². The zero-order chi connectivity index (χ0) is 28.2. The van der Waals surface area contributed by atoms with Crippen molar-refractivity contribution in [2.24, 2.45) is 0 Å². The summed E-state index contributed by atoms with van der Waals surface area (Å²) >= 11 is 1.52. The number of anilines is 1. The molecule has 11 nitrogen and oxygen atoms in total. The highest BCUT2D eigenvalue weighted by atomic mass is 32.2. The molecule has 2 aromatic heterocycles. The van der Waals surface area contributed by atoms with E-state index in [0.717, 1.165) is 30.2 Å². The minimum atomic E-state index is -1.06. The monoisotopic (exact) mass is 576 g/mol. The number of halogens is 2. The average Bonchev–Trinajstić information content (AvgIpc) is 3.24. The van der Waals surface area contributed by atoms with Gasteiger partial charge in [-0.05, 0) is 44.4 Å². The van der Waals surface area contributed by atoms with Crippen LogP contribution in [-0.2, 0) is 19.0 Å². The maximum atomic E-state index is 13.8. The van der Waals surface area contributed by atoms with E-state index in [0.29, 0.717) is 28.6 Å². The van der Waals surface area contributed by atoms with E-state index >= 15 is 0 Å². The van der Waals surface area contributed by atoms with Crippen LogP contribution in [0.2, 0.25) is 0 Å². The van der Waals surface area contributed by atoms with E-state index in [9.17, 15) is 13.6 Å². The highest BCUT2D eigenvalue weighted by Crippen LogP contribution is 2.46. The first-order chi connectivity index (χ1) is 19.1. The van der Waals surface area contributed by atoms with Crippen LogP contribution in [-0.4, -0.2) is 78.5 Å². The molecule has 1 aromatic carbocycles. The number of nitrogens with zero attached hydrogens (tertiary/aromatic N) is 5. The van der Waals surface area contributed by atoms with Crippen LogP contribution in [0.3, 0.4) is 0 Å². The number of hydrogen-bond acceptors (Lipinski definition) is 10. The molecular formula is C26H30F2N6O5S. The first-order valence-corrected chi connectivity index (χ1v) is 14.3. The molecule has 214 valence electrons. The molecule has 0 spiro atoms. The highest BCUT2D eigenvalue weighted by molar-refractivity contribution is 7.99. The van der Waals surface area contributed by atoms with Crippen LogP contribution in [0.4, 0.5) is 14.6 Å². The number of nitrogens with one attached hydrogen (secondary N) is 1. The van der Waals surface area contributed by atoms with Crippen LogP contribution in [0.15, 0.2) is 23.4 Å². The predicted octanol–water partition coefficient (Wildman–Crippen LogP) is 3.90. The van der Waals surface area contributed by atoms with Gasteiger partial charge in [-0.2, -0.15) is 0 Å². The van der Waals surface area contributed by atoms with Crippen molar-refractivity contribution in [3.8, 4) is 0 Å². The largest absolute Gasteiger partial charge is 0.480 e. The van der Waals surface area contributed by atoms with Gasteiger partial charge in [-0.25, -0.2) is 28.2 Å². The summed E-state index contributed by atoms with van der Waals surface area (Å²) in [5, 5.41) is 22.0. The number of carbonyl (C=O) groups is 1. The molecule has 40 heavy (non-hydrogen) atoms. The number of fused-ring (bicyclic) bond motifs is 2. The molecule has 0 radical (unpaired) electrons. The molecular weight excluding hydrogens is 546 g/mol. The van der Waals surface area contributed by atoms with Gasteiger partial charge in [0.05, 0.1) is 12.1 Å². The smallest absolute Gasteiger partial charge is 0.329 e. The maximum absolute atomic E-state index is 13.8. The quantitative estimate of drug-likeness (QED) is 0.269. The summed E-state index contributed by atoms with van der Waals surface area (Å²) in [5.41, 5.74) is 1.70. The van der Waals surface area contributed by atoms with E-state index in [2.05, 4.69) is 22.6 Å². The highest BCUT2D eigenvalue weighted by Gasteiger charge is 2.56. The SMILES string of the molecule is CCCSc1nc(N[C@H]2C[C@@H]2c2ccc(F)c(F)c2)c2nnn([C@@H]3C[C@H](OCC(=O)O)[C@H]4OC(C)(C)O[C@H]43)c2n1. The Balaban J connectivity index is 1.31. The molecule has 1 saturated heterocycles. The molecule has 1 aliphatic heterocycles. The summed E-state index contributed by atoms with van der Waals surface area (Å²) in [4.78, 5) is 20.7. The fraction of sp³-hybridized carbons (Fsp3) is 0.577. The zero-order valence-electron chi connectivity index (χ0n) is 22.2. The fourth-order valence-electron chi connectivity index (χ4n) is 5.52. The normalized spacial score (nSPS) is 28.6. The molecule has 6 atom stereocenters. The zero-order valence-corrected chi connectivity index (χ0v) is 23.0. The lowest BCUT2D eigenvalue weighted by atomic mass is 10.1. The number of ether oxygens (including phenoxy) is 3. The van der Waals surface area contributed by atoms with Gasteiger partial charge in [0.1, 0.15) is 18.8 Å². The number of rotatable bonds is 10. The molecule has 0 bridgehead atoms. The summed E-state index contributed by atoms with van der Waals surface area (Å²) < 4.78 is 46.9. The fourth-order valence-corrected chi connectivity index (χ4v) is 6.22. The molecule has 2 saturated carbocycles. The van der Waals surface area contributed by atoms with Crippen molar-refractivity contribution in [2.45, 2.75) is 87.3 Å². The van der Waals surface area contributed by atoms with Crippen LogP contribution in [0.5, 0.6) is 0 Å². The van der Waals surface area contributed by atoms with E-state index in [1.54, 1.807) is 24.6 Å². The Kier molecular flexibility index (Phi) is 7.13. The third-order valence-electron chi connectivity index (χ3n) is 7.34. The number of carboxylic acids is 1. The Morgan fingerprint density at radius 3 is 2.77 bits per heavy atom. The lowest BCUT2D eigenvalue weighted by Crippen LogP contribution is -2.32. The molecule has 3 aromatic rings. The van der Waals surface area contributed by atoms with Gasteiger partial charge in [-0.1, -0.05) is 30.0 Å². The van der Waals surface area contributed by atoms with Crippen molar-refractivity contribution in [3.63, 3.8) is 0 Å². The lowest BCUT2D eigenvalue weighted by Gasteiger charge is -2.23. The molecule has 6 rings (SSSR count). The number of aliphatic carboxylic acids is 1. The van der Waals surface area contributed by atoms with Gasteiger partial charge in [-0.3, -0.25) is 0 Å². The van der Waals surface area contributed by atoms with Crippen molar-refractivity contribution in [3.05, 3.63) is 35.4 Å². The topological polar surface area (TPSA) is 134 Å². The van der Waals surface area contributed by atoms with Crippen LogP contribution in [0.25, 0.3) is 11.2 Å². The van der Waals surface area contributed by atoms with Crippen LogP contribution < -0.4 is 5.32 Å². The molecule has 3 fully saturated rings. The van der Waals surface area contributed by atoms with Crippen LogP contribution in [0.1, 0.15) is 57.6 Å². The van der Waals surface area contributed by atoms with Gasteiger partial charge in [0.25, 0.3) is 0 Å². The maximum Gasteiger partial charge on any atom is 0.329 e. The Bertz CT molecular complexity index is 1440. The third kappa shape index (κ3) is 5.24. The number of benzene rings is 1. The number of carboxylic acid groups (broad SMARTS) is 1. The summed E-state index contributed by atoms with van der Waals surface area (Å²) in [5.74, 6) is -2.33. The van der Waals surface area contributed by atoms with Crippen molar-refractivity contribution in [1.29, 1.82) is 0 Å². The lowest BCUT2D eigenvalue weighted by molar-refractivity contribution is -0.173. The van der Waals surface area contributed by atoms with Gasteiger partial charge < -0.3 is 24.6 Å². The van der Waals surface area contributed by atoms with Gasteiger partial charge in [-0.15, -0.1) is 5.10 Å². The second-order valence-electron chi connectivity index (χ2n) is 10.8. The number of hydrogen-bond donors (Lipinski definition) is 2. The van der Waals surface area contributed by atoms with E-state index < -0.39 is 48.3 Å². The van der Waals surface area contributed by atoms with E-state index in [-0.39, 0.29) is 18.0 Å². The molecule has 0 unspecified atom stereocenters. The Labute approximate surface area is 233 Å². The van der Waals surface area contributed by atoms with Gasteiger partial charge in [0.2, 0.25) is 0 Å². The molecule has 3 heterocycles. The van der Waals surface area contributed by atoms with Crippen LogP contribution in [0, 0.1) is 11.6 Å². The Morgan fingerprint density at radius 2 is 2.02 bits per heavy atom. The predicted molar refractivity (Wildman–Crippen MR) is 140 cm³/mol. The summed E-state index contributed by atoms with van der Waals surface area (Å²) in [6, 6.07) is 3.59. The summed E-state index contributed by atoms with van der Waals surface area (Å²) in [7, 11) is 0. The second kappa shape index (κ2) is 10.5. The molecule has 3 aliphatic rings. The molecule has 2 aliphatic carbocycles. The van der Waals surface area contributed by atoms with Crippen molar-refractivity contribution < 1.29 is 32.9 Å². The average molecular weight is 577 g/mol. The van der Waals surface area contributed by atoms with Gasteiger partial charge in [0, 0.05) is 24.1 Å². The van der Waals surface area contributed by atoms with Crippen molar-refractivity contribution in [2.75, 3.05) is 17.7 Å². The minimum absolute atomic E-state index is 0.0101. The Morgan fingerprint density at radius 1 is 1.23 bits per heavy atom. The van der Waals surface area contributed by atoms with Crippen molar-refractivity contribution >= 4 is 34.7 Å². The molecule has 2 N–H and O–H groups in total. The number of thioether (sulfide) groups is 1. The summed E-state index contributed by atoms with van der Waals surface area (Å²) in [6.45, 7) is 5.23. The Hall–Kier alpha value is -2.94. The first-order valence-electron chi connectivity index (χ1n) is 13.3. The third-order valence-corrected chi connectivity index (χ3v) is 8.39. The van der Waals surface area contributed by atoms with Gasteiger partial charge >= 0.3 is 5.97 Å². The van der Waals surface area contributed by atoms with Gasteiger partial charge in [0.15, 0.2) is 39.6 Å². The number of aromatic nitrogens is 5. The minimum Gasteiger partial charge on any atom is -0.480 e. The van der Waals surface area contributed by atoms with E-state index in [4.69, 9.17) is 29.3 Å². The molecule has 14 heteroatoms. The molecule has 0 amide bonds. The van der Waals surface area contributed by atoms with E-state index in [1.165, 1.54) is 17.8 Å². The van der Waals surface area contributed by atoms with E-state index in [1.807, 2.05) is 0 Å². The standard InChI is InChI=1S/C26H30F2N6O5S/c1-4-7-40-25-30-23(29-16-9-13(16)12-5-6-14(27)15(28)8-12)20-24(31-25)34(33-32-20)17-10-18(37-11-19(35)36)22-21(17)38-26(2,3)39-22/h5-6,8,13,16-18,21-22H,4,7,9-11H2,1-3H3,(H,35,36)(H,29,30,31)/t13-,16+,17-,18+,21+,22-/m1/s1. The summed E-state index contributed by atoms with van der Waals surface area (Å²) in [6.07, 6.45) is 0.638. The van der Waals surface area contributed by atoms with Crippen molar-refractivity contribution in [1.82, 2.24) is 25.0 Å². The second-order valence-corrected chi connectivity index (χ2v) is 11.8.